The number of hydrogen-bond donors (Lipinski definition) is 0. The first-order valence-corrected chi connectivity index (χ1v) is 49.9. The average Bonchev–Trinajstić information content (AvgIpc) is 0.676. The molecule has 0 unspecified atom stereocenters. The normalized spacial score (nSPS) is 13.7. The molecule has 0 saturated heterocycles. The fraction of sp³-hybridized carbons (Fsp3) is 0. The van der Waals surface area contributed by atoms with Gasteiger partial charge in [-0.2, -0.15) is 0 Å². The fourth-order valence-corrected chi connectivity index (χ4v) is 26.1. The maximum atomic E-state index is 5.01. The number of para-hydroxylation sites is 10. The molecule has 0 saturated carbocycles. The molecule has 22 aromatic rings. The highest BCUT2D eigenvalue weighted by atomic mass is 15.2. The van der Waals surface area contributed by atoms with Gasteiger partial charge >= 0.3 is 27.4 Å². The Bertz CT molecular complexity index is 8260. The summed E-state index contributed by atoms with van der Waals surface area (Å²) in [6.45, 7) is 0.468. The highest BCUT2D eigenvalue weighted by molar-refractivity contribution is 6.98. The zero-order valence-electron chi connectivity index (χ0n) is 78.1. The van der Waals surface area contributed by atoms with Gasteiger partial charge in [-0.05, 0) is 233 Å². The third-order valence-electron chi connectivity index (χ3n) is 31.6. The number of fused-ring (bicyclic) bond motifs is 24. The number of nitrogens with zero attached hydrogens (tertiary/aromatic N) is 10. The molecule has 0 radical (unpaired) electrons. The van der Waals surface area contributed by atoms with Crippen molar-refractivity contribution in [1.29, 1.82) is 0 Å². The second-order valence-corrected chi connectivity index (χ2v) is 38.7. The van der Waals surface area contributed by atoms with E-state index in [0.717, 1.165) is 22.8 Å². The van der Waals surface area contributed by atoms with Crippen LogP contribution in [0.3, 0.4) is 0 Å². The first-order chi connectivity index (χ1) is 71.6. The summed E-state index contributed by atoms with van der Waals surface area (Å²) in [6, 6.07) is 174. The molecule has 14 heterocycles. The Morgan fingerprint density at radius 1 is 0.146 bits per heavy atom. The molecule has 34 rings (SSSR count). The second kappa shape index (κ2) is 31.4. The van der Waals surface area contributed by atoms with Crippen LogP contribution in [-0.4, -0.2) is 37.4 Å². The van der Waals surface area contributed by atoms with Gasteiger partial charge in [0.15, 0.2) is 0 Å². The van der Waals surface area contributed by atoms with Gasteiger partial charge in [-0.1, -0.05) is 340 Å². The summed E-state index contributed by atoms with van der Waals surface area (Å²) < 4.78 is 0. The molecule has 144 heavy (non-hydrogen) atoms. The third kappa shape index (κ3) is 11.5. The van der Waals surface area contributed by atoms with Crippen LogP contribution in [0.4, 0.5) is 114 Å². The van der Waals surface area contributed by atoms with Gasteiger partial charge in [-0.15, -0.1) is 0 Å². The van der Waals surface area contributed by atoms with Crippen LogP contribution in [0.25, 0.3) is 111 Å². The van der Waals surface area contributed by atoms with Gasteiger partial charge in [-0.25, -0.2) is 0 Å². The van der Waals surface area contributed by atoms with Crippen molar-refractivity contribution in [3.8, 4) is 111 Å². The van der Waals surface area contributed by atoms with E-state index in [1.165, 1.54) is 246 Å². The highest BCUT2D eigenvalue weighted by Crippen LogP contribution is 2.59. The lowest BCUT2D eigenvalue weighted by molar-refractivity contribution is 1.22. The van der Waals surface area contributed by atoms with Gasteiger partial charge in [0.2, 0.25) is 0 Å². The van der Waals surface area contributed by atoms with E-state index in [0.29, 0.717) is 0 Å². The summed E-state index contributed by atoms with van der Waals surface area (Å²) in [4.78, 5) is 29.8. The number of hydrogen-bond acceptors (Lipinski definition) is 10. The highest BCUT2D eigenvalue weighted by Gasteiger charge is 2.55. The van der Waals surface area contributed by atoms with E-state index >= 15 is 0 Å². The van der Waals surface area contributed by atoms with Gasteiger partial charge in [0, 0.05) is 176 Å². The fourth-order valence-electron chi connectivity index (χ4n) is 26.1. The van der Waals surface area contributed by atoms with Crippen LogP contribution < -0.4 is 82.5 Å². The van der Waals surface area contributed by atoms with Crippen molar-refractivity contribution in [1.82, 2.24) is 9.97 Å². The zero-order chi connectivity index (χ0) is 94.0. The molecule has 664 valence electrons. The number of pyridine rings is 2. The molecule has 0 spiro atoms. The van der Waals surface area contributed by atoms with E-state index < -0.39 is 0 Å². The van der Waals surface area contributed by atoms with Crippen molar-refractivity contribution in [3.05, 3.63) is 498 Å². The van der Waals surface area contributed by atoms with E-state index in [4.69, 9.17) is 9.97 Å². The Kier molecular flexibility index (Phi) is 17.5. The molecule has 12 aliphatic rings. The number of rotatable bonds is 6. The molecule has 0 fully saturated rings. The van der Waals surface area contributed by atoms with E-state index in [1.54, 1.807) is 0 Å². The number of aromatic nitrogens is 2. The summed E-state index contributed by atoms with van der Waals surface area (Å²) in [5.74, 6) is 0. The molecule has 0 amide bonds. The third-order valence-corrected chi connectivity index (χ3v) is 31.6. The van der Waals surface area contributed by atoms with E-state index in [2.05, 4.69) is 530 Å². The summed E-state index contributed by atoms with van der Waals surface area (Å²) >= 11 is 0. The van der Waals surface area contributed by atoms with Crippen LogP contribution in [0.1, 0.15) is 0 Å². The maximum Gasteiger partial charge on any atom is 0.335 e. The smallest absolute Gasteiger partial charge is 0.335 e. The van der Waals surface area contributed by atoms with Crippen LogP contribution in [0.15, 0.2) is 498 Å². The predicted molar refractivity (Wildman–Crippen MR) is 603 cm³/mol. The van der Waals surface area contributed by atoms with Crippen molar-refractivity contribution in [2.24, 2.45) is 0 Å². The quantitative estimate of drug-likeness (QED) is 0.151. The summed E-state index contributed by atoms with van der Waals surface area (Å²) in [7, 11) is 0. The van der Waals surface area contributed by atoms with Crippen LogP contribution in [0.2, 0.25) is 0 Å². The van der Waals surface area contributed by atoms with Gasteiger partial charge in [0.1, 0.15) is 0 Å². The molecule has 10 nitrogen and oxygen atoms in total. The van der Waals surface area contributed by atoms with E-state index in [-0.39, 0.29) is 27.4 Å². The SMILES string of the molecule is c1ccc(-c2cccc(N3c4cccc5c4B4c6c(cncc63)-c3ccccc3N4c3ccccc3-5)c2)cc1.c1ccc(-c2cccc(N3c4cccc5c4B4c6c3ccnc6-c3ccccc3N4c3ccccc3-5)c2)cc1.c1ccc(N2c3cccc4c3B3c5c(cccc52)-c2ccccc2N3c2ccccc2-4)cc1.c1ccc(N2c3cccc4c3B3c5c(cccc52)-c2ccccc2N3c2ccccc2-4)cc1. The van der Waals surface area contributed by atoms with Crippen molar-refractivity contribution in [2.75, 3.05) is 38.8 Å². The Morgan fingerprint density at radius 2 is 0.361 bits per heavy atom. The molecule has 0 bridgehead atoms. The minimum absolute atomic E-state index is 0.0632. The Morgan fingerprint density at radius 3 is 0.688 bits per heavy atom. The van der Waals surface area contributed by atoms with E-state index in [1.807, 2.05) is 6.20 Å². The summed E-state index contributed by atoms with van der Waals surface area (Å²) in [5.41, 5.74) is 60.8. The van der Waals surface area contributed by atoms with Crippen LogP contribution in [0.5, 0.6) is 0 Å². The Balaban J connectivity index is 0.0000000879. The maximum absolute atomic E-state index is 5.01. The molecule has 14 heteroatoms. The molecule has 20 aromatic carbocycles. The summed E-state index contributed by atoms with van der Waals surface area (Å²) in [6.07, 6.45) is 6.08. The van der Waals surface area contributed by atoms with Crippen LogP contribution >= 0.6 is 0 Å². The van der Waals surface area contributed by atoms with Gasteiger partial charge < -0.3 is 38.8 Å². The average molecular weight is 1830 g/mol. The minimum atomic E-state index is 0.0632. The van der Waals surface area contributed by atoms with Crippen molar-refractivity contribution in [2.45, 2.75) is 0 Å². The minimum Gasteiger partial charge on any atom is -0.376 e. The van der Waals surface area contributed by atoms with Crippen molar-refractivity contribution in [3.63, 3.8) is 0 Å². The van der Waals surface area contributed by atoms with Crippen LogP contribution in [0, 0.1) is 0 Å². The lowest BCUT2D eigenvalue weighted by Gasteiger charge is -2.49. The molecular formula is C130H82B4N10. The molecule has 12 aliphatic heterocycles. The molecule has 0 aliphatic carbocycles. The summed E-state index contributed by atoms with van der Waals surface area (Å²) in [5, 5.41) is 0. The first kappa shape index (κ1) is 80.3. The topological polar surface area (TPSA) is 51.7 Å². The standard InChI is InChI=1S/2C35H22BN3.2C30H19BN2/c1-2-10-23(11-3-1)24-12-8-13-25(20-24)38-32-19-9-16-28-26-14-4-6-17-30(26)39-31-18-7-5-15-27(31)29-21-37-22-33(38)35(29)36(39)34(28)32;1-2-10-23(11-3-1)24-12-8-13-25(22-24)38-31-19-9-16-27-26-14-4-6-17-29(26)39-30-18-7-5-15-28(30)35-34(36(39)33(27)31)32(38)20-21-37-35;2*1-2-10-20(11-3-1)32-27-18-8-14-23-21-12-4-6-16-25(21)33-26-17-7-5-13-22(26)24-15-9-19-28(32)30(24)31(33)29(23)27/h2*1-22H;2*1-19H. The first-order valence-electron chi connectivity index (χ1n) is 49.9. The Labute approximate surface area is 836 Å². The number of benzene rings is 20. The van der Waals surface area contributed by atoms with Crippen molar-refractivity contribution >= 4 is 185 Å². The lowest BCUT2D eigenvalue weighted by Crippen LogP contribution is -2.63. The van der Waals surface area contributed by atoms with Crippen molar-refractivity contribution < 1.29 is 0 Å². The van der Waals surface area contributed by atoms with Gasteiger partial charge in [-0.3, -0.25) is 9.97 Å². The van der Waals surface area contributed by atoms with Gasteiger partial charge in [0.05, 0.1) is 17.6 Å². The molecule has 0 atom stereocenters. The lowest BCUT2D eigenvalue weighted by atomic mass is 9.41. The predicted octanol–water partition coefficient (Wildman–Crippen LogP) is 27.6. The van der Waals surface area contributed by atoms with E-state index in [9.17, 15) is 0 Å². The second-order valence-electron chi connectivity index (χ2n) is 38.7. The largest absolute Gasteiger partial charge is 0.376 e. The molecular weight excluding hydrogens is 1740 g/mol. The van der Waals surface area contributed by atoms with Crippen LogP contribution in [-0.2, 0) is 0 Å². The molecule has 0 N–H and O–H groups in total. The monoisotopic (exact) mass is 1830 g/mol. The Hall–Kier alpha value is -18.6. The number of anilines is 20. The van der Waals surface area contributed by atoms with Gasteiger partial charge in [0.25, 0.3) is 0 Å². The molecule has 2 aromatic heterocycles. The zero-order valence-corrected chi connectivity index (χ0v) is 78.1.